The Bertz CT molecular complexity index is 398. The molecular weight excluding hydrogens is 322 g/mol. The number of rotatable bonds is 7. The fourth-order valence-electron chi connectivity index (χ4n) is 1.13. The van der Waals surface area contributed by atoms with Crippen LogP contribution in [0.4, 0.5) is 0 Å². The van der Waals surface area contributed by atoms with Crippen LogP contribution in [0.25, 0.3) is 0 Å². The molecule has 1 rings (SSSR count). The molecular formula is C11H12Cl4O3. The molecule has 0 atom stereocenters. The van der Waals surface area contributed by atoms with Gasteiger partial charge in [-0.3, -0.25) is 0 Å². The van der Waals surface area contributed by atoms with Crippen molar-refractivity contribution in [2.24, 2.45) is 0 Å². The van der Waals surface area contributed by atoms with Crippen molar-refractivity contribution in [3.05, 3.63) is 26.2 Å². The topological polar surface area (TPSA) is 27.7 Å². The SMILES string of the molecule is COCCOCCOc1c(Cl)cc(Cl)c(Cl)c1Cl. The molecule has 0 aliphatic carbocycles. The third-order valence-electron chi connectivity index (χ3n) is 1.98. The number of benzene rings is 1. The van der Waals surface area contributed by atoms with Crippen LogP contribution in [0, 0.1) is 0 Å². The highest BCUT2D eigenvalue weighted by Gasteiger charge is 2.14. The van der Waals surface area contributed by atoms with Gasteiger partial charge < -0.3 is 14.2 Å². The van der Waals surface area contributed by atoms with Crippen molar-refractivity contribution in [3.63, 3.8) is 0 Å². The Hall–Kier alpha value is 0.1000. The van der Waals surface area contributed by atoms with Crippen molar-refractivity contribution in [3.8, 4) is 5.75 Å². The quantitative estimate of drug-likeness (QED) is 0.422. The predicted octanol–water partition coefficient (Wildman–Crippen LogP) is 4.34. The summed E-state index contributed by atoms with van der Waals surface area (Å²) in [4.78, 5) is 0. The van der Waals surface area contributed by atoms with E-state index in [1.165, 1.54) is 6.07 Å². The standard InChI is InChI=1S/C11H12Cl4O3/c1-16-2-3-17-4-5-18-11-8(13)6-7(12)9(14)10(11)15/h6H,2-5H2,1H3. The fraction of sp³-hybridized carbons (Fsp3) is 0.455. The lowest BCUT2D eigenvalue weighted by Gasteiger charge is -2.12. The van der Waals surface area contributed by atoms with E-state index in [0.29, 0.717) is 37.2 Å². The summed E-state index contributed by atoms with van der Waals surface area (Å²) in [7, 11) is 1.61. The average molecular weight is 334 g/mol. The van der Waals surface area contributed by atoms with Crippen LogP contribution >= 0.6 is 46.4 Å². The van der Waals surface area contributed by atoms with Gasteiger partial charge in [-0.15, -0.1) is 0 Å². The zero-order valence-corrected chi connectivity index (χ0v) is 12.7. The second-order valence-electron chi connectivity index (χ2n) is 3.25. The van der Waals surface area contributed by atoms with Crippen LogP contribution < -0.4 is 4.74 Å². The van der Waals surface area contributed by atoms with Crippen molar-refractivity contribution < 1.29 is 14.2 Å². The molecule has 0 spiro atoms. The van der Waals surface area contributed by atoms with Gasteiger partial charge in [-0.1, -0.05) is 46.4 Å². The summed E-state index contributed by atoms with van der Waals surface area (Å²) in [5, 5.41) is 1.02. The first-order valence-electron chi connectivity index (χ1n) is 5.10. The Morgan fingerprint density at radius 3 is 2.22 bits per heavy atom. The number of ether oxygens (including phenoxy) is 3. The lowest BCUT2D eigenvalue weighted by Crippen LogP contribution is -2.10. The lowest BCUT2D eigenvalue weighted by atomic mass is 10.3. The highest BCUT2D eigenvalue weighted by Crippen LogP contribution is 2.42. The second-order valence-corrected chi connectivity index (χ2v) is 4.82. The van der Waals surface area contributed by atoms with Crippen LogP contribution in [-0.4, -0.2) is 33.5 Å². The minimum Gasteiger partial charge on any atom is -0.488 e. The molecule has 3 nitrogen and oxygen atoms in total. The van der Waals surface area contributed by atoms with E-state index in [0.717, 1.165) is 0 Å². The van der Waals surface area contributed by atoms with Crippen LogP contribution in [0.5, 0.6) is 5.75 Å². The first-order chi connectivity index (χ1) is 8.57. The Balaban J connectivity index is 2.50. The molecule has 0 amide bonds. The van der Waals surface area contributed by atoms with Crippen molar-refractivity contribution in [1.82, 2.24) is 0 Å². The van der Waals surface area contributed by atoms with E-state index in [4.69, 9.17) is 60.6 Å². The zero-order valence-electron chi connectivity index (χ0n) is 9.64. The fourth-order valence-corrected chi connectivity index (χ4v) is 2.14. The van der Waals surface area contributed by atoms with Gasteiger partial charge >= 0.3 is 0 Å². The molecule has 1 aromatic rings. The van der Waals surface area contributed by atoms with E-state index in [2.05, 4.69) is 0 Å². The molecule has 102 valence electrons. The molecule has 7 heteroatoms. The van der Waals surface area contributed by atoms with Crippen LogP contribution in [0.15, 0.2) is 6.07 Å². The van der Waals surface area contributed by atoms with Crippen molar-refractivity contribution >= 4 is 46.4 Å². The smallest absolute Gasteiger partial charge is 0.158 e. The molecule has 0 aliphatic rings. The normalized spacial score (nSPS) is 10.7. The second kappa shape index (κ2) is 8.31. The molecule has 0 radical (unpaired) electrons. The Kier molecular flexibility index (Phi) is 7.46. The summed E-state index contributed by atoms with van der Waals surface area (Å²) in [5.74, 6) is 0.308. The Morgan fingerprint density at radius 2 is 1.56 bits per heavy atom. The summed E-state index contributed by atoms with van der Waals surface area (Å²) >= 11 is 23.6. The van der Waals surface area contributed by atoms with E-state index >= 15 is 0 Å². The maximum Gasteiger partial charge on any atom is 0.158 e. The molecule has 1 aromatic carbocycles. The van der Waals surface area contributed by atoms with Gasteiger partial charge in [0.15, 0.2) is 5.75 Å². The maximum absolute atomic E-state index is 5.98. The van der Waals surface area contributed by atoms with Gasteiger partial charge in [-0.25, -0.2) is 0 Å². The predicted molar refractivity (Wildman–Crippen MR) is 74.7 cm³/mol. The molecule has 18 heavy (non-hydrogen) atoms. The van der Waals surface area contributed by atoms with Crippen LogP contribution in [0.1, 0.15) is 0 Å². The van der Waals surface area contributed by atoms with E-state index in [1.54, 1.807) is 7.11 Å². The van der Waals surface area contributed by atoms with E-state index in [9.17, 15) is 0 Å². The summed E-state index contributed by atoms with van der Waals surface area (Å²) in [5.41, 5.74) is 0. The average Bonchev–Trinajstić information content (AvgIpc) is 2.34. The molecule has 0 aromatic heterocycles. The summed E-state index contributed by atoms with van der Waals surface area (Å²) in [6.07, 6.45) is 0. The molecule has 0 saturated heterocycles. The number of hydrogen-bond acceptors (Lipinski definition) is 3. The van der Waals surface area contributed by atoms with Gasteiger partial charge in [0.05, 0.1) is 34.9 Å². The zero-order chi connectivity index (χ0) is 13.5. The highest BCUT2D eigenvalue weighted by atomic mass is 35.5. The summed E-state index contributed by atoms with van der Waals surface area (Å²) in [6, 6.07) is 1.48. The summed E-state index contributed by atoms with van der Waals surface area (Å²) < 4.78 is 15.5. The van der Waals surface area contributed by atoms with Gasteiger partial charge in [0.2, 0.25) is 0 Å². The van der Waals surface area contributed by atoms with E-state index in [-0.39, 0.29) is 15.1 Å². The molecule has 0 N–H and O–H groups in total. The van der Waals surface area contributed by atoms with Crippen LogP contribution in [0.3, 0.4) is 0 Å². The van der Waals surface area contributed by atoms with Gasteiger partial charge in [-0.05, 0) is 6.07 Å². The molecule has 0 bridgehead atoms. The third-order valence-corrected chi connectivity index (χ3v) is 3.50. The van der Waals surface area contributed by atoms with Crippen molar-refractivity contribution in [2.45, 2.75) is 0 Å². The van der Waals surface area contributed by atoms with Gasteiger partial charge in [-0.2, -0.15) is 0 Å². The first kappa shape index (κ1) is 16.2. The monoisotopic (exact) mass is 332 g/mol. The van der Waals surface area contributed by atoms with Crippen molar-refractivity contribution in [1.29, 1.82) is 0 Å². The van der Waals surface area contributed by atoms with Gasteiger partial charge in [0.25, 0.3) is 0 Å². The number of methoxy groups -OCH3 is 1. The summed E-state index contributed by atoms with van der Waals surface area (Å²) in [6.45, 7) is 1.74. The maximum atomic E-state index is 5.98. The largest absolute Gasteiger partial charge is 0.488 e. The van der Waals surface area contributed by atoms with Crippen LogP contribution in [-0.2, 0) is 9.47 Å². The molecule has 0 heterocycles. The Morgan fingerprint density at radius 1 is 0.889 bits per heavy atom. The molecule has 0 aliphatic heterocycles. The minimum atomic E-state index is 0.200. The van der Waals surface area contributed by atoms with Crippen molar-refractivity contribution in [2.75, 3.05) is 33.5 Å². The highest BCUT2D eigenvalue weighted by molar-refractivity contribution is 6.50. The number of halogens is 4. The molecule has 0 saturated carbocycles. The minimum absolute atomic E-state index is 0.200. The van der Waals surface area contributed by atoms with Crippen LogP contribution in [0.2, 0.25) is 20.1 Å². The first-order valence-corrected chi connectivity index (χ1v) is 6.61. The third kappa shape index (κ3) is 4.65. The molecule has 0 unspecified atom stereocenters. The van der Waals surface area contributed by atoms with E-state index in [1.807, 2.05) is 0 Å². The lowest BCUT2D eigenvalue weighted by molar-refractivity contribution is 0.0544. The number of hydrogen-bond donors (Lipinski definition) is 0. The van der Waals surface area contributed by atoms with E-state index < -0.39 is 0 Å². The van der Waals surface area contributed by atoms with Gasteiger partial charge in [0.1, 0.15) is 11.6 Å². The Labute approximate surface area is 126 Å². The molecule has 0 fully saturated rings. The van der Waals surface area contributed by atoms with Gasteiger partial charge in [0, 0.05) is 7.11 Å².